The van der Waals surface area contributed by atoms with Gasteiger partial charge in [0.1, 0.15) is 0 Å². The van der Waals surface area contributed by atoms with Crippen molar-refractivity contribution in [2.45, 2.75) is 39.7 Å². The molecule has 0 heterocycles. The minimum Gasteiger partial charge on any atom is -0.330 e. The van der Waals surface area contributed by atoms with Gasteiger partial charge in [0.2, 0.25) is 0 Å². The highest BCUT2D eigenvalue weighted by Crippen LogP contribution is 2.43. The van der Waals surface area contributed by atoms with Gasteiger partial charge in [-0.3, -0.25) is 0 Å². The Morgan fingerprint density at radius 1 is 1.17 bits per heavy atom. The fourth-order valence-corrected chi connectivity index (χ4v) is 2.37. The molecule has 0 saturated heterocycles. The van der Waals surface area contributed by atoms with Gasteiger partial charge in [-0.1, -0.05) is 38.1 Å². The zero-order valence-electron chi connectivity index (χ0n) is 11.7. The van der Waals surface area contributed by atoms with Crippen LogP contribution in [0.25, 0.3) is 0 Å². The molecule has 18 heavy (non-hydrogen) atoms. The van der Waals surface area contributed by atoms with Crippen molar-refractivity contribution < 1.29 is 0 Å². The molecule has 2 rings (SSSR count). The molecule has 0 spiro atoms. The van der Waals surface area contributed by atoms with Gasteiger partial charge in [0, 0.05) is 13.1 Å². The highest BCUT2D eigenvalue weighted by Gasteiger charge is 2.40. The molecule has 0 unspecified atom stereocenters. The predicted octanol–water partition coefficient (Wildman–Crippen LogP) is 2.71. The zero-order chi connectivity index (χ0) is 13.0. The van der Waals surface area contributed by atoms with E-state index >= 15 is 0 Å². The van der Waals surface area contributed by atoms with Crippen molar-refractivity contribution in [1.82, 2.24) is 5.32 Å². The smallest absolute Gasteiger partial charge is 0.0205 e. The van der Waals surface area contributed by atoms with Crippen LogP contribution < -0.4 is 11.1 Å². The third-order valence-corrected chi connectivity index (χ3v) is 3.89. The Morgan fingerprint density at radius 3 is 2.28 bits per heavy atom. The molecule has 0 aliphatic heterocycles. The molecule has 0 atom stereocenters. The second kappa shape index (κ2) is 5.85. The Kier molecular flexibility index (Phi) is 4.41. The van der Waals surface area contributed by atoms with Crippen LogP contribution in [0.2, 0.25) is 0 Å². The maximum Gasteiger partial charge on any atom is 0.0205 e. The average molecular weight is 246 g/mol. The summed E-state index contributed by atoms with van der Waals surface area (Å²) >= 11 is 0. The summed E-state index contributed by atoms with van der Waals surface area (Å²) in [4.78, 5) is 0. The molecule has 3 N–H and O–H groups in total. The Labute approximate surface area is 111 Å². The molecule has 2 nitrogen and oxygen atoms in total. The molecule has 0 aromatic heterocycles. The topological polar surface area (TPSA) is 38.0 Å². The summed E-state index contributed by atoms with van der Waals surface area (Å²) in [5.41, 5.74) is 9.01. The molecule has 100 valence electrons. The van der Waals surface area contributed by atoms with Gasteiger partial charge in [-0.2, -0.15) is 0 Å². The van der Waals surface area contributed by atoms with Crippen molar-refractivity contribution in [2.75, 3.05) is 13.1 Å². The van der Waals surface area contributed by atoms with Crippen molar-refractivity contribution in [1.29, 1.82) is 0 Å². The minimum atomic E-state index is 0.428. The lowest BCUT2D eigenvalue weighted by molar-refractivity contribution is 0.468. The van der Waals surface area contributed by atoms with Crippen LogP contribution in [0.5, 0.6) is 0 Å². The number of nitrogens with two attached hydrogens (primary N) is 1. The van der Waals surface area contributed by atoms with Gasteiger partial charge in [-0.25, -0.2) is 0 Å². The predicted molar refractivity (Wildman–Crippen MR) is 77.4 cm³/mol. The fraction of sp³-hybridized carbons (Fsp3) is 0.625. The average Bonchev–Trinajstić information content (AvgIpc) is 3.11. The molecule has 0 amide bonds. The van der Waals surface area contributed by atoms with E-state index in [9.17, 15) is 0 Å². The van der Waals surface area contributed by atoms with Crippen LogP contribution in [0, 0.1) is 11.3 Å². The molecule has 1 aliphatic rings. The van der Waals surface area contributed by atoms with Gasteiger partial charge in [0.15, 0.2) is 0 Å². The van der Waals surface area contributed by atoms with Gasteiger partial charge >= 0.3 is 0 Å². The largest absolute Gasteiger partial charge is 0.330 e. The lowest BCUT2D eigenvalue weighted by atomic mass is 10.0. The van der Waals surface area contributed by atoms with Crippen molar-refractivity contribution in [3.05, 3.63) is 35.4 Å². The number of hydrogen-bond donors (Lipinski definition) is 2. The first-order valence-corrected chi connectivity index (χ1v) is 7.12. The highest BCUT2D eigenvalue weighted by atomic mass is 14.9. The Balaban J connectivity index is 1.76. The van der Waals surface area contributed by atoms with Crippen LogP contribution in [0.3, 0.4) is 0 Å². The number of rotatable bonds is 7. The standard InChI is InChI=1S/C16H26N2/c1-13(2)9-14-3-5-15(6-4-14)10-18-12-16(11-17)7-8-16/h3-6,13,18H,7-12,17H2,1-2H3. The summed E-state index contributed by atoms with van der Waals surface area (Å²) in [5.74, 6) is 0.730. The van der Waals surface area contributed by atoms with Crippen molar-refractivity contribution >= 4 is 0 Å². The first-order valence-electron chi connectivity index (χ1n) is 7.12. The van der Waals surface area contributed by atoms with Gasteiger partial charge in [-0.15, -0.1) is 0 Å². The van der Waals surface area contributed by atoms with Crippen LogP contribution in [0.4, 0.5) is 0 Å². The molecular formula is C16H26N2. The molecule has 1 aromatic carbocycles. The van der Waals surface area contributed by atoms with E-state index in [1.165, 1.54) is 30.4 Å². The van der Waals surface area contributed by atoms with Crippen molar-refractivity contribution in [2.24, 2.45) is 17.1 Å². The molecule has 0 radical (unpaired) electrons. The highest BCUT2D eigenvalue weighted by molar-refractivity contribution is 5.22. The number of benzene rings is 1. The van der Waals surface area contributed by atoms with Crippen molar-refractivity contribution in [3.8, 4) is 0 Å². The SMILES string of the molecule is CC(C)Cc1ccc(CNCC2(CN)CC2)cc1. The summed E-state index contributed by atoms with van der Waals surface area (Å²) in [6, 6.07) is 9.00. The van der Waals surface area contributed by atoms with Crippen LogP contribution in [-0.4, -0.2) is 13.1 Å². The molecule has 1 aliphatic carbocycles. The van der Waals surface area contributed by atoms with Crippen LogP contribution in [0.1, 0.15) is 37.8 Å². The summed E-state index contributed by atoms with van der Waals surface area (Å²) < 4.78 is 0. The first-order chi connectivity index (χ1) is 8.63. The van der Waals surface area contributed by atoms with E-state index in [4.69, 9.17) is 5.73 Å². The molecule has 0 bridgehead atoms. The van der Waals surface area contributed by atoms with E-state index in [1.807, 2.05) is 0 Å². The second-order valence-corrected chi connectivity index (χ2v) is 6.22. The second-order valence-electron chi connectivity index (χ2n) is 6.22. The lowest BCUT2D eigenvalue weighted by Crippen LogP contribution is -2.29. The number of hydrogen-bond acceptors (Lipinski definition) is 2. The zero-order valence-corrected chi connectivity index (χ0v) is 11.7. The molecule has 1 fully saturated rings. The van der Waals surface area contributed by atoms with E-state index in [0.717, 1.165) is 25.6 Å². The fourth-order valence-electron chi connectivity index (χ4n) is 2.37. The van der Waals surface area contributed by atoms with E-state index in [0.29, 0.717) is 5.41 Å². The maximum atomic E-state index is 5.77. The Morgan fingerprint density at radius 2 is 1.78 bits per heavy atom. The van der Waals surface area contributed by atoms with Gasteiger partial charge < -0.3 is 11.1 Å². The monoisotopic (exact) mass is 246 g/mol. The molecule has 2 heteroatoms. The Hall–Kier alpha value is -0.860. The van der Waals surface area contributed by atoms with Gasteiger partial charge in [-0.05, 0) is 48.3 Å². The van der Waals surface area contributed by atoms with Crippen molar-refractivity contribution in [3.63, 3.8) is 0 Å². The summed E-state index contributed by atoms with van der Waals surface area (Å²) in [7, 11) is 0. The maximum absolute atomic E-state index is 5.77. The normalized spacial score (nSPS) is 17.1. The van der Waals surface area contributed by atoms with E-state index in [-0.39, 0.29) is 0 Å². The van der Waals surface area contributed by atoms with Crippen LogP contribution in [-0.2, 0) is 13.0 Å². The van der Waals surface area contributed by atoms with E-state index < -0.39 is 0 Å². The van der Waals surface area contributed by atoms with Gasteiger partial charge in [0.25, 0.3) is 0 Å². The van der Waals surface area contributed by atoms with Crippen LogP contribution >= 0.6 is 0 Å². The minimum absolute atomic E-state index is 0.428. The van der Waals surface area contributed by atoms with Crippen LogP contribution in [0.15, 0.2) is 24.3 Å². The van der Waals surface area contributed by atoms with E-state index in [2.05, 4.69) is 43.4 Å². The number of nitrogens with one attached hydrogen (secondary N) is 1. The van der Waals surface area contributed by atoms with E-state index in [1.54, 1.807) is 0 Å². The quantitative estimate of drug-likeness (QED) is 0.776. The van der Waals surface area contributed by atoms with Gasteiger partial charge in [0.05, 0.1) is 0 Å². The Bertz CT molecular complexity index is 363. The molecular weight excluding hydrogens is 220 g/mol. The molecule has 1 saturated carbocycles. The lowest BCUT2D eigenvalue weighted by Gasteiger charge is -2.13. The molecule has 1 aromatic rings. The summed E-state index contributed by atoms with van der Waals surface area (Å²) in [6.07, 6.45) is 3.76. The summed E-state index contributed by atoms with van der Waals surface area (Å²) in [5, 5.41) is 3.54. The summed E-state index contributed by atoms with van der Waals surface area (Å²) in [6.45, 7) is 7.38. The third-order valence-electron chi connectivity index (χ3n) is 3.89. The third kappa shape index (κ3) is 3.82. The first kappa shape index (κ1) is 13.6.